The maximum absolute atomic E-state index is 13.1. The molecule has 3 aliphatic rings. The zero-order valence-corrected chi connectivity index (χ0v) is 18.7. The maximum Gasteiger partial charge on any atom is 0.246 e. The molecule has 2 aliphatic carbocycles. The number of carbonyl (C=O) groups is 2. The first-order valence-electron chi connectivity index (χ1n) is 11.5. The Bertz CT molecular complexity index is 591. The Kier molecular flexibility index (Phi) is 7.26. The molecule has 2 N–H and O–H groups in total. The Morgan fingerprint density at radius 2 is 1.86 bits per heavy atom. The van der Waals surface area contributed by atoms with Gasteiger partial charge < -0.3 is 20.1 Å². The third-order valence-corrected chi connectivity index (χ3v) is 8.21. The van der Waals surface area contributed by atoms with Crippen LogP contribution in [0, 0.1) is 29.1 Å². The number of aliphatic hydroxyl groups is 1. The first-order valence-corrected chi connectivity index (χ1v) is 11.5. The summed E-state index contributed by atoms with van der Waals surface area (Å²) in [5, 5.41) is 14.6. The van der Waals surface area contributed by atoms with Gasteiger partial charge in [0.1, 0.15) is 6.61 Å². The van der Waals surface area contributed by atoms with Crippen molar-refractivity contribution in [2.45, 2.75) is 77.9 Å². The van der Waals surface area contributed by atoms with Gasteiger partial charge >= 0.3 is 0 Å². The molecule has 1 aliphatic heterocycles. The molecule has 0 unspecified atom stereocenters. The van der Waals surface area contributed by atoms with Crippen molar-refractivity contribution in [1.29, 1.82) is 0 Å². The fraction of sp³-hybridized carbons (Fsp3) is 0.913. The topological polar surface area (TPSA) is 78.9 Å². The minimum absolute atomic E-state index is 0.00150. The molecule has 29 heavy (non-hydrogen) atoms. The molecule has 166 valence electrons. The molecular weight excluding hydrogens is 368 g/mol. The van der Waals surface area contributed by atoms with Gasteiger partial charge in [0, 0.05) is 32.2 Å². The standard InChI is InChI=1S/C23H40N2O4/c1-15(22(28)25-12-6-5-7-13-25)17-8-10-23(3)11-9-18(24-19(26)14-29-4)16(2)20(23)21(17)27/h15-18,20-21,27H,5-14H2,1-4H3,(H,24,26)/t15-,16+,17-,18-,20+,21-,23-/m0/s1. The molecule has 7 atom stereocenters. The lowest BCUT2D eigenvalue weighted by Crippen LogP contribution is -2.59. The van der Waals surface area contributed by atoms with Crippen molar-refractivity contribution in [2.75, 3.05) is 26.8 Å². The first-order chi connectivity index (χ1) is 13.8. The molecule has 0 aromatic heterocycles. The number of amides is 2. The number of aliphatic hydroxyl groups excluding tert-OH is 1. The highest BCUT2D eigenvalue weighted by Gasteiger charge is 2.54. The van der Waals surface area contributed by atoms with Crippen molar-refractivity contribution in [3.05, 3.63) is 0 Å². The summed E-state index contributed by atoms with van der Waals surface area (Å²) < 4.78 is 4.96. The number of piperidine rings is 1. The molecule has 0 aromatic carbocycles. The number of rotatable bonds is 5. The second-order valence-electron chi connectivity index (χ2n) is 10.1. The van der Waals surface area contributed by atoms with E-state index in [1.807, 2.05) is 11.8 Å². The molecule has 0 bridgehead atoms. The van der Waals surface area contributed by atoms with Gasteiger partial charge in [-0.3, -0.25) is 9.59 Å². The van der Waals surface area contributed by atoms with Crippen molar-refractivity contribution in [3.8, 4) is 0 Å². The molecule has 0 spiro atoms. The maximum atomic E-state index is 13.1. The van der Waals surface area contributed by atoms with E-state index < -0.39 is 6.10 Å². The summed E-state index contributed by atoms with van der Waals surface area (Å²) in [5.74, 6) is 0.236. The van der Waals surface area contributed by atoms with E-state index in [0.29, 0.717) is 0 Å². The second-order valence-corrected chi connectivity index (χ2v) is 10.1. The fourth-order valence-corrected chi connectivity index (χ4v) is 6.46. The summed E-state index contributed by atoms with van der Waals surface area (Å²) in [5.41, 5.74) is 0.0751. The van der Waals surface area contributed by atoms with Crippen molar-refractivity contribution in [1.82, 2.24) is 10.2 Å². The van der Waals surface area contributed by atoms with Crippen LogP contribution in [0.15, 0.2) is 0 Å². The highest BCUT2D eigenvalue weighted by molar-refractivity contribution is 5.79. The summed E-state index contributed by atoms with van der Waals surface area (Å²) in [6, 6.07) is 0.0530. The molecule has 3 rings (SSSR count). The van der Waals surface area contributed by atoms with Gasteiger partial charge in [-0.15, -0.1) is 0 Å². The van der Waals surface area contributed by atoms with Gasteiger partial charge in [0.2, 0.25) is 11.8 Å². The normalized spacial score (nSPS) is 38.8. The quantitative estimate of drug-likeness (QED) is 0.733. The van der Waals surface area contributed by atoms with Crippen molar-refractivity contribution in [3.63, 3.8) is 0 Å². The average molecular weight is 409 g/mol. The third kappa shape index (κ3) is 4.63. The van der Waals surface area contributed by atoms with Crippen LogP contribution in [0.1, 0.15) is 65.7 Å². The molecule has 0 aromatic rings. The van der Waals surface area contributed by atoms with Crippen LogP contribution in [0.5, 0.6) is 0 Å². The summed E-state index contributed by atoms with van der Waals surface area (Å²) in [6.07, 6.45) is 6.76. The number of ether oxygens (including phenoxy) is 1. The number of methoxy groups -OCH3 is 1. The molecule has 2 amide bonds. The number of nitrogens with one attached hydrogen (secondary N) is 1. The molecule has 0 radical (unpaired) electrons. The molecule has 2 saturated carbocycles. The number of nitrogens with zero attached hydrogens (tertiary/aromatic N) is 1. The highest BCUT2D eigenvalue weighted by atomic mass is 16.5. The van der Waals surface area contributed by atoms with Crippen LogP contribution in [0.4, 0.5) is 0 Å². The minimum Gasteiger partial charge on any atom is -0.392 e. The Hall–Kier alpha value is -1.14. The van der Waals surface area contributed by atoms with Crippen LogP contribution in [0.25, 0.3) is 0 Å². The van der Waals surface area contributed by atoms with E-state index in [-0.39, 0.29) is 53.5 Å². The molecule has 3 fully saturated rings. The summed E-state index contributed by atoms with van der Waals surface area (Å²) in [6.45, 7) is 8.24. The van der Waals surface area contributed by atoms with Crippen molar-refractivity contribution < 1.29 is 19.4 Å². The van der Waals surface area contributed by atoms with Crippen LogP contribution >= 0.6 is 0 Å². The fourth-order valence-electron chi connectivity index (χ4n) is 6.46. The summed E-state index contributed by atoms with van der Waals surface area (Å²) in [4.78, 5) is 27.2. The second kappa shape index (κ2) is 9.34. The number of fused-ring (bicyclic) bond motifs is 1. The van der Waals surface area contributed by atoms with Crippen LogP contribution in [0.3, 0.4) is 0 Å². The predicted octanol–water partition coefficient (Wildman–Crippen LogP) is 2.59. The Labute approximate surface area is 175 Å². The van der Waals surface area contributed by atoms with E-state index in [2.05, 4.69) is 19.2 Å². The Morgan fingerprint density at radius 1 is 1.21 bits per heavy atom. The lowest BCUT2D eigenvalue weighted by atomic mass is 9.51. The van der Waals surface area contributed by atoms with Crippen LogP contribution in [-0.4, -0.2) is 60.8 Å². The first kappa shape index (κ1) is 22.5. The number of hydrogen-bond donors (Lipinski definition) is 2. The molecule has 6 heteroatoms. The predicted molar refractivity (Wildman–Crippen MR) is 112 cm³/mol. The molecule has 1 heterocycles. The third-order valence-electron chi connectivity index (χ3n) is 8.21. The zero-order valence-electron chi connectivity index (χ0n) is 18.7. The molecular formula is C23H40N2O4. The van der Waals surface area contributed by atoms with Crippen LogP contribution in [0.2, 0.25) is 0 Å². The lowest BCUT2D eigenvalue weighted by Gasteiger charge is -2.56. The van der Waals surface area contributed by atoms with Gasteiger partial charge in [0.05, 0.1) is 6.10 Å². The van der Waals surface area contributed by atoms with Gasteiger partial charge in [0.25, 0.3) is 0 Å². The highest BCUT2D eigenvalue weighted by Crippen LogP contribution is 2.55. The Morgan fingerprint density at radius 3 is 2.52 bits per heavy atom. The number of likely N-dealkylation sites (tertiary alicyclic amines) is 1. The summed E-state index contributed by atoms with van der Waals surface area (Å²) >= 11 is 0. The van der Waals surface area contributed by atoms with E-state index in [4.69, 9.17) is 4.74 Å². The zero-order chi connectivity index (χ0) is 21.2. The Balaban J connectivity index is 1.71. The minimum atomic E-state index is -0.505. The van der Waals surface area contributed by atoms with E-state index >= 15 is 0 Å². The van der Waals surface area contributed by atoms with Gasteiger partial charge in [-0.05, 0) is 68.1 Å². The van der Waals surface area contributed by atoms with E-state index in [9.17, 15) is 14.7 Å². The number of hydrogen-bond acceptors (Lipinski definition) is 4. The van der Waals surface area contributed by atoms with E-state index in [1.54, 1.807) is 0 Å². The van der Waals surface area contributed by atoms with Gasteiger partial charge in [0.15, 0.2) is 0 Å². The van der Waals surface area contributed by atoms with Crippen LogP contribution in [-0.2, 0) is 14.3 Å². The lowest BCUT2D eigenvalue weighted by molar-refractivity contribution is -0.151. The number of carbonyl (C=O) groups excluding carboxylic acids is 2. The van der Waals surface area contributed by atoms with Gasteiger partial charge in [-0.25, -0.2) is 0 Å². The van der Waals surface area contributed by atoms with E-state index in [0.717, 1.165) is 51.6 Å². The molecule has 1 saturated heterocycles. The van der Waals surface area contributed by atoms with Gasteiger partial charge in [-0.1, -0.05) is 20.8 Å². The smallest absolute Gasteiger partial charge is 0.246 e. The average Bonchev–Trinajstić information content (AvgIpc) is 2.70. The molecule has 6 nitrogen and oxygen atoms in total. The summed E-state index contributed by atoms with van der Waals surface area (Å²) in [7, 11) is 1.52. The van der Waals surface area contributed by atoms with Crippen LogP contribution < -0.4 is 5.32 Å². The monoisotopic (exact) mass is 408 g/mol. The van der Waals surface area contributed by atoms with Crippen molar-refractivity contribution in [2.24, 2.45) is 29.1 Å². The largest absolute Gasteiger partial charge is 0.392 e. The van der Waals surface area contributed by atoms with E-state index in [1.165, 1.54) is 13.5 Å². The van der Waals surface area contributed by atoms with Gasteiger partial charge in [-0.2, -0.15) is 0 Å². The van der Waals surface area contributed by atoms with Crippen molar-refractivity contribution >= 4 is 11.8 Å². The SMILES string of the molecule is COCC(=O)N[C@H]1CC[C@]2(C)CC[C@@H]([C@H](C)C(=O)N3CCCCC3)[C@H](O)[C@H]2[C@@H]1C.